The molecule has 0 aliphatic carbocycles. The van der Waals surface area contributed by atoms with Gasteiger partial charge in [0, 0.05) is 18.3 Å². The van der Waals surface area contributed by atoms with Crippen molar-refractivity contribution in [2.45, 2.75) is 39.0 Å². The van der Waals surface area contributed by atoms with Gasteiger partial charge in [-0.2, -0.15) is 5.10 Å². The fourth-order valence-corrected chi connectivity index (χ4v) is 3.52. The molecule has 10 heteroatoms. The number of amides is 2. The van der Waals surface area contributed by atoms with Crippen molar-refractivity contribution in [2.24, 2.45) is 5.92 Å². The number of aromatic nitrogens is 2. The largest absolute Gasteiger partial charge is 0.458 e. The van der Waals surface area contributed by atoms with Crippen LogP contribution in [0.5, 0.6) is 5.75 Å². The molecule has 0 unspecified atom stereocenters. The van der Waals surface area contributed by atoms with Crippen LogP contribution >= 0.6 is 11.6 Å². The van der Waals surface area contributed by atoms with Gasteiger partial charge in [0.15, 0.2) is 12.4 Å². The Morgan fingerprint density at radius 3 is 2.78 bits per heavy atom. The fraction of sp³-hybridized carbons (Fsp3) is 0.409. The highest BCUT2D eigenvalue weighted by atomic mass is 35.5. The van der Waals surface area contributed by atoms with Crippen molar-refractivity contribution >= 4 is 29.2 Å². The van der Waals surface area contributed by atoms with E-state index in [4.69, 9.17) is 21.4 Å². The molecule has 1 aromatic heterocycles. The molecule has 9 nitrogen and oxygen atoms in total. The number of hydrogen-bond donors (Lipinski definition) is 2. The van der Waals surface area contributed by atoms with Gasteiger partial charge in [0.05, 0.1) is 18.1 Å². The second-order valence-electron chi connectivity index (χ2n) is 8.02. The predicted octanol–water partition coefficient (Wildman–Crippen LogP) is 1.78. The van der Waals surface area contributed by atoms with E-state index in [-0.39, 0.29) is 37.4 Å². The fourth-order valence-electron chi connectivity index (χ4n) is 3.35. The van der Waals surface area contributed by atoms with E-state index < -0.39 is 12.1 Å². The molecule has 0 saturated carbocycles. The molecule has 1 aliphatic rings. The number of rotatable bonds is 10. The van der Waals surface area contributed by atoms with Gasteiger partial charge in [0.25, 0.3) is 5.91 Å². The van der Waals surface area contributed by atoms with Crippen LogP contribution in [0.3, 0.4) is 0 Å². The SMILES string of the molecule is CC(C)C[C@@H](C(=O)Nc1ccn(C[C@@H](O)C[OH2+])n1)N1CC(Oc2ccccc2Cl)=CC1=O. The maximum Gasteiger partial charge on any atom is 0.251 e. The molecule has 0 fully saturated rings. The molecule has 0 bridgehead atoms. The lowest BCUT2D eigenvalue weighted by Crippen LogP contribution is -2.46. The Morgan fingerprint density at radius 2 is 2.09 bits per heavy atom. The zero-order valence-electron chi connectivity index (χ0n) is 18.0. The zero-order chi connectivity index (χ0) is 23.3. The Labute approximate surface area is 191 Å². The number of nitrogens with one attached hydrogen (secondary N) is 1. The molecule has 1 aromatic carbocycles. The molecule has 2 heterocycles. The van der Waals surface area contributed by atoms with Gasteiger partial charge in [-0.1, -0.05) is 37.6 Å². The van der Waals surface area contributed by atoms with Crippen LogP contribution in [0.25, 0.3) is 0 Å². The number of carbonyl (C=O) groups is 2. The first kappa shape index (κ1) is 23.8. The summed E-state index contributed by atoms with van der Waals surface area (Å²) in [6.07, 6.45) is 2.62. The van der Waals surface area contributed by atoms with Gasteiger partial charge < -0.3 is 25.2 Å². The lowest BCUT2D eigenvalue weighted by molar-refractivity contribution is -0.133. The average molecular weight is 464 g/mol. The lowest BCUT2D eigenvalue weighted by atomic mass is 10.0. The summed E-state index contributed by atoms with van der Waals surface area (Å²) in [5.74, 6) is 0.672. The van der Waals surface area contributed by atoms with Gasteiger partial charge >= 0.3 is 0 Å². The number of aliphatic hydroxyl groups is 1. The number of aliphatic hydroxyl groups excluding tert-OH is 1. The Bertz CT molecular complexity index is 990. The Kier molecular flexibility index (Phi) is 7.89. The van der Waals surface area contributed by atoms with Gasteiger partial charge in [0.2, 0.25) is 5.91 Å². The van der Waals surface area contributed by atoms with Crippen molar-refractivity contribution in [3.05, 3.63) is 53.4 Å². The molecule has 32 heavy (non-hydrogen) atoms. The molecule has 4 N–H and O–H groups in total. The number of para-hydroxylation sites is 1. The van der Waals surface area contributed by atoms with Gasteiger partial charge in [-0.15, -0.1) is 0 Å². The molecule has 0 saturated heterocycles. The van der Waals surface area contributed by atoms with Crippen LogP contribution in [-0.4, -0.2) is 62.0 Å². The molecule has 3 rings (SSSR count). The highest BCUT2D eigenvalue weighted by Crippen LogP contribution is 2.28. The lowest BCUT2D eigenvalue weighted by Gasteiger charge is -2.28. The van der Waals surface area contributed by atoms with E-state index in [0.717, 1.165) is 0 Å². The summed E-state index contributed by atoms with van der Waals surface area (Å²) in [7, 11) is 0. The van der Waals surface area contributed by atoms with Crippen LogP contribution in [0.1, 0.15) is 20.3 Å². The van der Waals surface area contributed by atoms with E-state index >= 15 is 0 Å². The Balaban J connectivity index is 1.69. The number of ether oxygens (including phenoxy) is 1. The molecule has 172 valence electrons. The minimum atomic E-state index is -0.836. The monoisotopic (exact) mass is 463 g/mol. The van der Waals surface area contributed by atoms with E-state index in [1.807, 2.05) is 13.8 Å². The van der Waals surface area contributed by atoms with Crippen molar-refractivity contribution in [1.82, 2.24) is 14.7 Å². The summed E-state index contributed by atoms with van der Waals surface area (Å²) < 4.78 is 7.25. The van der Waals surface area contributed by atoms with Gasteiger partial charge in [-0.05, 0) is 24.5 Å². The topological polar surface area (TPSA) is 120 Å². The van der Waals surface area contributed by atoms with Gasteiger partial charge in [0.1, 0.15) is 23.7 Å². The molecule has 1 aliphatic heterocycles. The second-order valence-corrected chi connectivity index (χ2v) is 8.43. The Morgan fingerprint density at radius 1 is 1.34 bits per heavy atom. The summed E-state index contributed by atoms with van der Waals surface area (Å²) >= 11 is 6.14. The van der Waals surface area contributed by atoms with E-state index in [1.54, 1.807) is 36.5 Å². The summed E-state index contributed by atoms with van der Waals surface area (Å²) in [5.41, 5.74) is 0. The van der Waals surface area contributed by atoms with E-state index in [2.05, 4.69) is 10.4 Å². The van der Waals surface area contributed by atoms with E-state index in [9.17, 15) is 14.7 Å². The summed E-state index contributed by atoms with van der Waals surface area (Å²) in [6, 6.07) is 7.87. The van der Waals surface area contributed by atoms with Crippen LogP contribution in [0.2, 0.25) is 5.02 Å². The highest BCUT2D eigenvalue weighted by Gasteiger charge is 2.35. The first-order valence-electron chi connectivity index (χ1n) is 10.4. The minimum absolute atomic E-state index is 0.138. The van der Waals surface area contributed by atoms with E-state index in [0.29, 0.717) is 28.8 Å². The second kappa shape index (κ2) is 10.6. The van der Waals surface area contributed by atoms with Crippen molar-refractivity contribution in [2.75, 3.05) is 18.5 Å². The standard InChI is InChI=1S/C22H27ClN4O5/c1-14(2)9-18(22(31)24-20-7-8-26(25-20)11-15(29)13-28)27-12-16(10-21(27)30)32-19-6-4-3-5-17(19)23/h3-8,10,14-15,18,28-29H,9,11-13H2,1-2H3,(H,24,25,31)/p+1/t15-,18+/m1/s1. The molecular weight excluding hydrogens is 436 g/mol. The summed E-state index contributed by atoms with van der Waals surface area (Å²) in [5, 5.41) is 24.2. The predicted molar refractivity (Wildman–Crippen MR) is 120 cm³/mol. The van der Waals surface area contributed by atoms with Crippen molar-refractivity contribution < 1.29 is 24.5 Å². The summed E-state index contributed by atoms with van der Waals surface area (Å²) in [4.78, 5) is 27.2. The third-order valence-electron chi connectivity index (χ3n) is 4.87. The number of benzene rings is 1. The first-order chi connectivity index (χ1) is 15.3. The Hall–Kier alpha value is -2.88. The zero-order valence-corrected chi connectivity index (χ0v) is 18.7. The number of carbonyl (C=O) groups excluding carboxylic acids is 2. The van der Waals surface area contributed by atoms with Gasteiger partial charge in [-0.25, -0.2) is 0 Å². The third kappa shape index (κ3) is 6.09. The molecule has 2 amide bonds. The van der Waals surface area contributed by atoms with Crippen molar-refractivity contribution in [3.8, 4) is 5.75 Å². The minimum Gasteiger partial charge on any atom is -0.458 e. The molecule has 0 spiro atoms. The smallest absolute Gasteiger partial charge is 0.251 e. The number of anilines is 1. The molecular formula is C22H28ClN4O5+. The first-order valence-corrected chi connectivity index (χ1v) is 10.7. The average Bonchev–Trinajstić information content (AvgIpc) is 3.33. The van der Waals surface area contributed by atoms with Crippen LogP contribution in [-0.2, 0) is 16.1 Å². The normalized spacial score (nSPS) is 15.6. The van der Waals surface area contributed by atoms with Crippen molar-refractivity contribution in [3.63, 3.8) is 0 Å². The number of hydrogen-bond acceptors (Lipinski definition) is 5. The molecule has 2 aromatic rings. The summed E-state index contributed by atoms with van der Waals surface area (Å²) in [6.45, 7) is 4.13. The number of halogens is 1. The number of nitrogens with zero attached hydrogens (tertiary/aromatic N) is 3. The highest BCUT2D eigenvalue weighted by molar-refractivity contribution is 6.32. The van der Waals surface area contributed by atoms with Crippen LogP contribution < -0.4 is 10.1 Å². The van der Waals surface area contributed by atoms with Gasteiger partial charge in [-0.3, -0.25) is 14.3 Å². The molecule has 0 radical (unpaired) electrons. The van der Waals surface area contributed by atoms with Crippen LogP contribution in [0.4, 0.5) is 5.82 Å². The van der Waals surface area contributed by atoms with E-state index in [1.165, 1.54) is 15.7 Å². The maximum atomic E-state index is 13.1. The molecule has 2 atom stereocenters. The third-order valence-corrected chi connectivity index (χ3v) is 5.18. The van der Waals surface area contributed by atoms with Crippen molar-refractivity contribution in [1.29, 1.82) is 0 Å². The quantitative estimate of drug-likeness (QED) is 0.520. The van der Waals surface area contributed by atoms with Crippen LogP contribution in [0, 0.1) is 5.92 Å². The van der Waals surface area contributed by atoms with Crippen LogP contribution in [0.15, 0.2) is 48.4 Å². The maximum absolute atomic E-state index is 13.1.